The molecule has 3 nitrogen and oxygen atoms in total. The molecule has 0 saturated heterocycles. The van der Waals surface area contributed by atoms with E-state index < -0.39 is 0 Å². The van der Waals surface area contributed by atoms with Crippen molar-refractivity contribution in [3.8, 4) is 0 Å². The van der Waals surface area contributed by atoms with Gasteiger partial charge in [-0.3, -0.25) is 4.79 Å². The molecule has 1 aliphatic carbocycles. The van der Waals surface area contributed by atoms with E-state index in [2.05, 4.69) is 6.92 Å². The minimum atomic E-state index is -0.338. The van der Waals surface area contributed by atoms with E-state index >= 15 is 0 Å². The van der Waals surface area contributed by atoms with Gasteiger partial charge < -0.3 is 4.74 Å². The Balaban J connectivity index is 2.69. The third kappa shape index (κ3) is 3.19. The maximum absolute atomic E-state index is 11.9. The van der Waals surface area contributed by atoms with E-state index in [1.807, 2.05) is 6.08 Å². The van der Waals surface area contributed by atoms with Gasteiger partial charge in [0.25, 0.3) is 0 Å². The number of hydrogen-bond acceptors (Lipinski definition) is 3. The molecule has 0 saturated carbocycles. The summed E-state index contributed by atoms with van der Waals surface area (Å²) in [4.78, 5) is 23.5. The molecule has 1 atom stereocenters. The van der Waals surface area contributed by atoms with Crippen LogP contribution in [-0.4, -0.2) is 18.9 Å². The van der Waals surface area contributed by atoms with Crippen LogP contribution in [0.4, 0.5) is 0 Å². The lowest BCUT2D eigenvalue weighted by atomic mass is 9.83. The summed E-state index contributed by atoms with van der Waals surface area (Å²) >= 11 is 0. The van der Waals surface area contributed by atoms with Crippen LogP contribution >= 0.6 is 0 Å². The van der Waals surface area contributed by atoms with Crippen molar-refractivity contribution < 1.29 is 14.3 Å². The molecule has 0 bridgehead atoms. The first-order chi connectivity index (χ1) is 7.70. The molecule has 0 aromatic rings. The number of ketones is 1. The molecule has 0 spiro atoms. The summed E-state index contributed by atoms with van der Waals surface area (Å²) < 4.78 is 4.72. The summed E-state index contributed by atoms with van der Waals surface area (Å²) in [5.41, 5.74) is 0.579. The molecular formula is C13H20O3. The zero-order valence-electron chi connectivity index (χ0n) is 10.1. The highest BCUT2D eigenvalue weighted by Crippen LogP contribution is 2.27. The number of unbranched alkanes of at least 4 members (excludes halogenated alkanes) is 1. The Morgan fingerprint density at radius 2 is 2.25 bits per heavy atom. The zero-order chi connectivity index (χ0) is 12.0. The molecule has 1 aliphatic rings. The van der Waals surface area contributed by atoms with Crippen LogP contribution in [0.2, 0.25) is 0 Å². The Morgan fingerprint density at radius 1 is 1.50 bits per heavy atom. The van der Waals surface area contributed by atoms with Crippen molar-refractivity contribution in [2.45, 2.75) is 45.4 Å². The van der Waals surface area contributed by atoms with Crippen molar-refractivity contribution in [1.82, 2.24) is 0 Å². The number of rotatable bonds is 5. The van der Waals surface area contributed by atoms with Crippen LogP contribution in [0.5, 0.6) is 0 Å². The molecule has 0 aromatic heterocycles. The maximum atomic E-state index is 11.9. The smallest absolute Gasteiger partial charge is 0.334 e. The number of methoxy groups -OCH3 is 1. The van der Waals surface area contributed by atoms with Crippen molar-refractivity contribution in [1.29, 1.82) is 0 Å². The molecular weight excluding hydrogens is 204 g/mol. The monoisotopic (exact) mass is 224 g/mol. The van der Waals surface area contributed by atoms with E-state index in [-0.39, 0.29) is 17.7 Å². The van der Waals surface area contributed by atoms with Gasteiger partial charge in [-0.05, 0) is 25.7 Å². The lowest BCUT2D eigenvalue weighted by Gasteiger charge is -2.21. The van der Waals surface area contributed by atoms with Gasteiger partial charge in [-0.25, -0.2) is 4.79 Å². The molecule has 0 radical (unpaired) electrons. The van der Waals surface area contributed by atoms with Crippen LogP contribution < -0.4 is 0 Å². The number of carbonyl (C=O) groups is 2. The molecule has 90 valence electrons. The predicted octanol–water partition coefficient (Wildman–Crippen LogP) is 2.65. The van der Waals surface area contributed by atoms with E-state index in [0.29, 0.717) is 12.0 Å². The van der Waals surface area contributed by atoms with Gasteiger partial charge >= 0.3 is 5.97 Å². The van der Waals surface area contributed by atoms with Gasteiger partial charge in [-0.15, -0.1) is 0 Å². The van der Waals surface area contributed by atoms with E-state index in [1.165, 1.54) is 7.11 Å². The molecule has 1 unspecified atom stereocenters. The van der Waals surface area contributed by atoms with Crippen molar-refractivity contribution >= 4 is 11.8 Å². The van der Waals surface area contributed by atoms with E-state index in [4.69, 9.17) is 4.74 Å². The molecule has 0 N–H and O–H groups in total. The van der Waals surface area contributed by atoms with Crippen molar-refractivity contribution in [3.05, 3.63) is 11.6 Å². The summed E-state index contributed by atoms with van der Waals surface area (Å²) in [5.74, 6) is -0.361. The third-order valence-corrected chi connectivity index (χ3v) is 3.02. The molecule has 16 heavy (non-hydrogen) atoms. The van der Waals surface area contributed by atoms with Crippen molar-refractivity contribution in [2.75, 3.05) is 7.11 Å². The normalized spacial score (nSPS) is 20.1. The molecule has 0 fully saturated rings. The Labute approximate surface area is 96.9 Å². The second kappa shape index (κ2) is 6.46. The van der Waals surface area contributed by atoms with E-state index in [0.717, 1.165) is 32.1 Å². The van der Waals surface area contributed by atoms with Gasteiger partial charge in [0.05, 0.1) is 7.11 Å². The summed E-state index contributed by atoms with van der Waals surface area (Å²) in [6.07, 6.45) is 7.02. The Bertz CT molecular complexity index is 292. The number of hydrogen-bond donors (Lipinski definition) is 0. The largest absolute Gasteiger partial charge is 0.466 e. The average Bonchev–Trinajstić information content (AvgIpc) is 2.35. The summed E-state index contributed by atoms with van der Waals surface area (Å²) in [7, 11) is 1.37. The number of allylic oxidation sites excluding steroid dienone is 1. The van der Waals surface area contributed by atoms with Gasteiger partial charge in [0.1, 0.15) is 5.78 Å². The Kier molecular flexibility index (Phi) is 5.23. The first-order valence-electron chi connectivity index (χ1n) is 6.01. The van der Waals surface area contributed by atoms with Crippen LogP contribution in [0, 0.1) is 5.92 Å². The molecule has 0 heterocycles. The average molecular weight is 224 g/mol. The fourth-order valence-electron chi connectivity index (χ4n) is 2.08. The van der Waals surface area contributed by atoms with Gasteiger partial charge in [0.15, 0.2) is 0 Å². The van der Waals surface area contributed by atoms with E-state index in [9.17, 15) is 9.59 Å². The molecule has 3 heteroatoms. The van der Waals surface area contributed by atoms with Crippen molar-refractivity contribution in [2.24, 2.45) is 5.92 Å². The quantitative estimate of drug-likeness (QED) is 0.674. The number of esters is 1. The maximum Gasteiger partial charge on any atom is 0.334 e. The second-order valence-corrected chi connectivity index (χ2v) is 4.20. The fourth-order valence-corrected chi connectivity index (χ4v) is 2.08. The number of ether oxygens (including phenoxy) is 1. The Morgan fingerprint density at radius 3 is 2.88 bits per heavy atom. The lowest BCUT2D eigenvalue weighted by Crippen LogP contribution is -2.24. The standard InChI is InChI=1S/C13H20O3/c1-3-4-9-12(14)10-7-5-6-8-11(10)13(15)16-2/h8,10H,3-7,9H2,1-2H3. The topological polar surface area (TPSA) is 43.4 Å². The minimum Gasteiger partial charge on any atom is -0.466 e. The van der Waals surface area contributed by atoms with Crippen LogP contribution in [-0.2, 0) is 14.3 Å². The first kappa shape index (κ1) is 12.9. The summed E-state index contributed by atoms with van der Waals surface area (Å²) in [5, 5.41) is 0. The lowest BCUT2D eigenvalue weighted by molar-refractivity contribution is -0.138. The highest BCUT2D eigenvalue weighted by atomic mass is 16.5. The number of Topliss-reactive ketones (excluding diaryl/α,β-unsaturated/α-hetero) is 1. The van der Waals surface area contributed by atoms with Gasteiger partial charge in [-0.2, -0.15) is 0 Å². The van der Waals surface area contributed by atoms with Crippen LogP contribution in [0.3, 0.4) is 0 Å². The summed E-state index contributed by atoms with van der Waals surface area (Å²) in [6.45, 7) is 2.06. The minimum absolute atomic E-state index is 0.193. The molecule has 0 amide bonds. The molecule has 1 rings (SSSR count). The third-order valence-electron chi connectivity index (χ3n) is 3.02. The number of carbonyl (C=O) groups excluding carboxylic acids is 2. The Hall–Kier alpha value is -1.12. The first-order valence-corrected chi connectivity index (χ1v) is 6.01. The summed E-state index contributed by atoms with van der Waals surface area (Å²) in [6, 6.07) is 0. The van der Waals surface area contributed by atoms with Crippen LogP contribution in [0.15, 0.2) is 11.6 Å². The van der Waals surface area contributed by atoms with Crippen LogP contribution in [0.25, 0.3) is 0 Å². The zero-order valence-corrected chi connectivity index (χ0v) is 10.1. The van der Waals surface area contributed by atoms with Gasteiger partial charge in [-0.1, -0.05) is 19.4 Å². The molecule has 0 aromatic carbocycles. The van der Waals surface area contributed by atoms with E-state index in [1.54, 1.807) is 0 Å². The second-order valence-electron chi connectivity index (χ2n) is 4.20. The fraction of sp³-hybridized carbons (Fsp3) is 0.692. The highest BCUT2D eigenvalue weighted by Gasteiger charge is 2.29. The van der Waals surface area contributed by atoms with Gasteiger partial charge in [0.2, 0.25) is 0 Å². The van der Waals surface area contributed by atoms with Gasteiger partial charge in [0, 0.05) is 17.9 Å². The molecule has 0 aliphatic heterocycles. The highest BCUT2D eigenvalue weighted by molar-refractivity contribution is 5.97. The SMILES string of the molecule is CCCCC(=O)C1CCCC=C1C(=O)OC. The van der Waals surface area contributed by atoms with Crippen LogP contribution in [0.1, 0.15) is 45.4 Å². The van der Waals surface area contributed by atoms with Crippen molar-refractivity contribution in [3.63, 3.8) is 0 Å². The predicted molar refractivity (Wildman–Crippen MR) is 62.0 cm³/mol.